The van der Waals surface area contributed by atoms with Crippen molar-refractivity contribution in [2.24, 2.45) is 4.99 Å². The molecule has 0 aromatic carbocycles. The van der Waals surface area contributed by atoms with E-state index in [1.807, 2.05) is 0 Å². The second-order valence-corrected chi connectivity index (χ2v) is 5.89. The number of nitrogens with zero attached hydrogens (tertiary/aromatic N) is 2. The Balaban J connectivity index is 0.00000484. The third-order valence-electron chi connectivity index (χ3n) is 2.84. The molecule has 0 aliphatic carbocycles. The molecule has 1 aromatic heterocycles. The maximum absolute atomic E-state index is 11.6. The van der Waals surface area contributed by atoms with Gasteiger partial charge in [-0.25, -0.2) is 4.98 Å². The number of guanidine groups is 1. The van der Waals surface area contributed by atoms with Crippen LogP contribution in [0.4, 0.5) is 0 Å². The minimum absolute atomic E-state index is 0. The van der Waals surface area contributed by atoms with Crippen molar-refractivity contribution in [1.82, 2.24) is 20.9 Å². The Labute approximate surface area is 158 Å². The lowest BCUT2D eigenvalue weighted by Crippen LogP contribution is -2.43. The first-order valence-electron chi connectivity index (χ1n) is 7.21. The minimum Gasteiger partial charge on any atom is -0.383 e. The van der Waals surface area contributed by atoms with Crippen molar-refractivity contribution in [2.45, 2.75) is 26.3 Å². The van der Waals surface area contributed by atoms with Crippen LogP contribution < -0.4 is 16.0 Å². The highest BCUT2D eigenvalue weighted by atomic mass is 127. The lowest BCUT2D eigenvalue weighted by Gasteiger charge is -2.11. The van der Waals surface area contributed by atoms with Crippen LogP contribution >= 0.6 is 35.3 Å². The van der Waals surface area contributed by atoms with E-state index in [1.54, 1.807) is 25.5 Å². The van der Waals surface area contributed by atoms with Gasteiger partial charge in [0, 0.05) is 26.1 Å². The van der Waals surface area contributed by atoms with Gasteiger partial charge in [0.2, 0.25) is 5.91 Å². The number of nitrogens with one attached hydrogen (secondary N) is 3. The summed E-state index contributed by atoms with van der Waals surface area (Å²) >= 11 is 1.62. The molecular weight excluding hydrogens is 429 g/mol. The number of hydrogen-bond acceptors (Lipinski definition) is 5. The number of amides is 1. The topological polar surface area (TPSA) is 87.6 Å². The molecule has 0 unspecified atom stereocenters. The van der Waals surface area contributed by atoms with E-state index in [1.165, 1.54) is 0 Å². The van der Waals surface area contributed by atoms with Gasteiger partial charge in [-0.15, -0.1) is 35.3 Å². The van der Waals surface area contributed by atoms with Crippen molar-refractivity contribution in [2.75, 3.05) is 33.9 Å². The van der Waals surface area contributed by atoms with Crippen LogP contribution in [0, 0.1) is 0 Å². The Hall–Kier alpha value is -0.940. The number of halogens is 1. The van der Waals surface area contributed by atoms with Crippen LogP contribution in [-0.2, 0) is 16.1 Å². The minimum atomic E-state index is -0.101. The number of carbonyl (C=O) groups excluding carboxylic acids is 1. The lowest BCUT2D eigenvalue weighted by atomic mass is 10.2. The molecule has 1 heterocycles. The summed E-state index contributed by atoms with van der Waals surface area (Å²) in [4.78, 5) is 20.2. The molecule has 7 nitrogen and oxygen atoms in total. The molecule has 0 atom stereocenters. The zero-order chi connectivity index (χ0) is 16.4. The monoisotopic (exact) mass is 455 g/mol. The molecule has 0 fully saturated rings. The Morgan fingerprint density at radius 1 is 1.39 bits per heavy atom. The van der Waals surface area contributed by atoms with Crippen LogP contribution in [0.15, 0.2) is 10.4 Å². The van der Waals surface area contributed by atoms with E-state index in [0.29, 0.717) is 31.6 Å². The first kappa shape index (κ1) is 22.1. The molecular formula is C14H26IN5O2S. The van der Waals surface area contributed by atoms with Gasteiger partial charge in [-0.3, -0.25) is 9.79 Å². The molecule has 132 valence electrons. The van der Waals surface area contributed by atoms with Gasteiger partial charge in [0.05, 0.1) is 25.4 Å². The van der Waals surface area contributed by atoms with Crippen molar-refractivity contribution in [3.8, 4) is 0 Å². The maximum Gasteiger partial charge on any atom is 0.239 e. The van der Waals surface area contributed by atoms with Gasteiger partial charge in [0.25, 0.3) is 0 Å². The molecule has 1 amide bonds. The second kappa shape index (κ2) is 12.5. The van der Waals surface area contributed by atoms with Gasteiger partial charge in [-0.2, -0.15) is 0 Å². The number of aromatic nitrogens is 1. The summed E-state index contributed by atoms with van der Waals surface area (Å²) < 4.78 is 4.87. The number of carbonyl (C=O) groups is 1. The summed E-state index contributed by atoms with van der Waals surface area (Å²) in [7, 11) is 3.26. The Kier molecular flexibility index (Phi) is 12.0. The van der Waals surface area contributed by atoms with Gasteiger partial charge in [-0.05, 0) is 5.92 Å². The van der Waals surface area contributed by atoms with Gasteiger partial charge < -0.3 is 20.7 Å². The van der Waals surface area contributed by atoms with Crippen molar-refractivity contribution >= 4 is 47.2 Å². The van der Waals surface area contributed by atoms with Crippen LogP contribution in [0.3, 0.4) is 0 Å². The summed E-state index contributed by atoms with van der Waals surface area (Å²) in [6.07, 6.45) is 0. The third-order valence-corrected chi connectivity index (χ3v) is 3.70. The number of aliphatic imine (C=N–C) groups is 1. The average Bonchev–Trinajstić information content (AvgIpc) is 2.97. The van der Waals surface area contributed by atoms with Crippen molar-refractivity contribution in [3.05, 3.63) is 16.1 Å². The van der Waals surface area contributed by atoms with E-state index in [-0.39, 0.29) is 36.4 Å². The van der Waals surface area contributed by atoms with E-state index in [9.17, 15) is 4.79 Å². The zero-order valence-corrected chi connectivity index (χ0v) is 17.2. The first-order chi connectivity index (χ1) is 10.6. The number of hydrogen-bond donors (Lipinski definition) is 3. The van der Waals surface area contributed by atoms with E-state index in [0.717, 1.165) is 10.7 Å². The molecule has 23 heavy (non-hydrogen) atoms. The van der Waals surface area contributed by atoms with Crippen LogP contribution in [0.1, 0.15) is 30.5 Å². The van der Waals surface area contributed by atoms with Gasteiger partial charge in [-0.1, -0.05) is 13.8 Å². The molecule has 1 aromatic rings. The largest absolute Gasteiger partial charge is 0.383 e. The molecule has 0 radical (unpaired) electrons. The Morgan fingerprint density at radius 2 is 2.13 bits per heavy atom. The molecule has 0 spiro atoms. The zero-order valence-electron chi connectivity index (χ0n) is 14.0. The van der Waals surface area contributed by atoms with E-state index >= 15 is 0 Å². The first-order valence-corrected chi connectivity index (χ1v) is 8.09. The highest BCUT2D eigenvalue weighted by Gasteiger charge is 2.07. The highest BCUT2D eigenvalue weighted by molar-refractivity contribution is 14.0. The third kappa shape index (κ3) is 9.06. The maximum atomic E-state index is 11.6. The fraction of sp³-hybridized carbons (Fsp3) is 0.643. The summed E-state index contributed by atoms with van der Waals surface area (Å²) in [5, 5.41) is 11.9. The summed E-state index contributed by atoms with van der Waals surface area (Å²) in [5.41, 5.74) is 1.10. The number of ether oxygens (including phenoxy) is 1. The fourth-order valence-corrected chi connectivity index (χ4v) is 2.47. The van der Waals surface area contributed by atoms with E-state index in [4.69, 9.17) is 4.74 Å². The molecule has 0 aliphatic heterocycles. The van der Waals surface area contributed by atoms with Gasteiger partial charge >= 0.3 is 0 Å². The standard InChI is InChI=1S/C14H25N5O2S.HI/c1-10(2)11-9-22-13(19-11)8-18-14(15-3)17-7-12(20)16-5-6-21-4;/h9-10H,5-8H2,1-4H3,(H,16,20)(H2,15,17,18);1H. The van der Waals surface area contributed by atoms with Crippen LogP contribution in [0.2, 0.25) is 0 Å². The SMILES string of the molecule is CN=C(NCC(=O)NCCOC)NCc1nc(C(C)C)cs1.I. The number of methoxy groups -OCH3 is 1. The van der Waals surface area contributed by atoms with Crippen LogP contribution in [0.5, 0.6) is 0 Å². The lowest BCUT2D eigenvalue weighted by molar-refractivity contribution is -0.120. The van der Waals surface area contributed by atoms with Gasteiger partial charge in [0.15, 0.2) is 5.96 Å². The van der Waals surface area contributed by atoms with E-state index < -0.39 is 0 Å². The molecule has 1 rings (SSSR count). The highest BCUT2D eigenvalue weighted by Crippen LogP contribution is 2.17. The smallest absolute Gasteiger partial charge is 0.239 e. The Morgan fingerprint density at radius 3 is 2.70 bits per heavy atom. The summed E-state index contributed by atoms with van der Waals surface area (Å²) in [6.45, 7) is 5.99. The van der Waals surface area contributed by atoms with E-state index in [2.05, 4.69) is 45.2 Å². The van der Waals surface area contributed by atoms with Gasteiger partial charge in [0.1, 0.15) is 5.01 Å². The number of rotatable bonds is 8. The molecule has 0 aliphatic rings. The summed E-state index contributed by atoms with van der Waals surface area (Å²) in [5.74, 6) is 0.901. The molecule has 0 saturated carbocycles. The summed E-state index contributed by atoms with van der Waals surface area (Å²) in [6, 6.07) is 0. The van der Waals surface area contributed by atoms with Crippen LogP contribution in [-0.4, -0.2) is 50.7 Å². The molecule has 0 saturated heterocycles. The van der Waals surface area contributed by atoms with Crippen molar-refractivity contribution < 1.29 is 9.53 Å². The molecule has 9 heteroatoms. The number of thiazole rings is 1. The second-order valence-electron chi connectivity index (χ2n) is 4.94. The van der Waals surface area contributed by atoms with Crippen LogP contribution in [0.25, 0.3) is 0 Å². The average molecular weight is 455 g/mol. The predicted molar refractivity (Wildman–Crippen MR) is 105 cm³/mol. The van der Waals surface area contributed by atoms with Crippen molar-refractivity contribution in [3.63, 3.8) is 0 Å². The normalized spacial score (nSPS) is 11.1. The molecule has 0 bridgehead atoms. The molecule has 3 N–H and O–H groups in total. The fourth-order valence-electron chi connectivity index (χ4n) is 1.57. The van der Waals surface area contributed by atoms with Crippen molar-refractivity contribution in [1.29, 1.82) is 0 Å². The quantitative estimate of drug-likeness (QED) is 0.238. The Bertz CT molecular complexity index is 493. The predicted octanol–water partition coefficient (Wildman–Crippen LogP) is 1.31.